The number of aromatic amines is 1. The number of sulfonamides is 1. The first-order valence-electron chi connectivity index (χ1n) is 23.6. The summed E-state index contributed by atoms with van der Waals surface area (Å²) in [7, 11) is -4.76. The van der Waals surface area contributed by atoms with Crippen LogP contribution in [-0.2, 0) is 15.9 Å². The number of nitrogens with zero attached hydrogens (tertiary/aromatic N) is 5. The molecule has 2 saturated carbocycles. The molecule has 1 amide bonds. The number of fused-ring (bicyclic) bond motifs is 1. The Balaban J connectivity index is 0.934. The predicted molar refractivity (Wildman–Crippen MR) is 252 cm³/mol. The van der Waals surface area contributed by atoms with Gasteiger partial charge in [-0.15, -0.1) is 0 Å². The molecule has 2 aliphatic heterocycles. The number of rotatable bonds is 15. The number of H-pyrrole nitrogens is 1. The average Bonchev–Trinajstić information content (AvgIpc) is 3.93. The zero-order valence-corrected chi connectivity index (χ0v) is 39.6. The number of hydrogen-bond donors (Lipinski definition) is 4. The number of anilines is 2. The van der Waals surface area contributed by atoms with E-state index in [9.17, 15) is 41.6 Å². The summed E-state index contributed by atoms with van der Waals surface area (Å²) in [4.78, 5) is 40.7. The second-order valence-corrected chi connectivity index (χ2v) is 21.2. The van der Waals surface area contributed by atoms with Crippen molar-refractivity contribution >= 4 is 44.2 Å². The number of ether oxygens (including phenoxy) is 2. The van der Waals surface area contributed by atoms with E-state index in [1.165, 1.54) is 12.1 Å². The fourth-order valence-electron chi connectivity index (χ4n) is 10.8. The number of nitrogens with one attached hydrogen (secondary N) is 3. The maximum atomic E-state index is 14.9. The van der Waals surface area contributed by atoms with Crippen LogP contribution in [0.3, 0.4) is 0 Å². The normalized spacial score (nSPS) is 22.9. The highest BCUT2D eigenvalue weighted by Crippen LogP contribution is 2.50. The van der Waals surface area contributed by atoms with E-state index < -0.39 is 48.8 Å². The van der Waals surface area contributed by atoms with Crippen LogP contribution >= 0.6 is 0 Å². The van der Waals surface area contributed by atoms with Gasteiger partial charge in [-0.25, -0.2) is 31.3 Å². The first-order valence-corrected chi connectivity index (χ1v) is 25.1. The van der Waals surface area contributed by atoms with Gasteiger partial charge in [-0.2, -0.15) is 4.98 Å². The van der Waals surface area contributed by atoms with Crippen molar-refractivity contribution in [1.29, 1.82) is 0 Å². The molecule has 5 heterocycles. The zero-order valence-electron chi connectivity index (χ0n) is 38.8. The Morgan fingerprint density at radius 1 is 1.04 bits per heavy atom. The third-order valence-corrected chi connectivity index (χ3v) is 15.9. The van der Waals surface area contributed by atoms with Gasteiger partial charge in [0.25, 0.3) is 27.7 Å². The fourth-order valence-corrected chi connectivity index (χ4v) is 11.7. The molecule has 4 N–H and O–H groups in total. The van der Waals surface area contributed by atoms with E-state index in [2.05, 4.69) is 30.1 Å². The molecule has 368 valence electrons. The van der Waals surface area contributed by atoms with Crippen molar-refractivity contribution in [2.24, 2.45) is 11.3 Å². The number of carbonyl (C=O) groups excluding carboxylic acids is 1. The zero-order chi connectivity index (χ0) is 48.9. The summed E-state index contributed by atoms with van der Waals surface area (Å²) in [5.74, 6) is -4.76. The fraction of sp³-hybridized carbons (Fsp3) is 0.490. The highest BCUT2D eigenvalue weighted by Gasteiger charge is 2.50. The lowest BCUT2D eigenvalue weighted by Gasteiger charge is -2.57. The molecule has 4 aliphatic rings. The Morgan fingerprint density at radius 3 is 2.49 bits per heavy atom. The van der Waals surface area contributed by atoms with Crippen LogP contribution in [0.4, 0.5) is 30.4 Å². The van der Waals surface area contributed by atoms with E-state index in [0.717, 1.165) is 76.1 Å². The quantitative estimate of drug-likeness (QED) is 0.0572. The highest BCUT2D eigenvalue weighted by atomic mass is 32.2. The Labute approximate surface area is 398 Å². The third-order valence-electron chi connectivity index (χ3n) is 14.6. The molecule has 2 aliphatic carbocycles. The molecule has 4 fully saturated rings. The van der Waals surface area contributed by atoms with Crippen LogP contribution in [0, 0.1) is 27.3 Å². The van der Waals surface area contributed by atoms with Crippen molar-refractivity contribution in [2.75, 3.05) is 49.5 Å². The Morgan fingerprint density at radius 2 is 1.78 bits per heavy atom. The van der Waals surface area contributed by atoms with E-state index in [0.29, 0.717) is 51.0 Å². The molecule has 0 radical (unpaired) electrons. The Hall–Kier alpha value is -5.99. The van der Waals surface area contributed by atoms with Gasteiger partial charge in [0.1, 0.15) is 22.1 Å². The van der Waals surface area contributed by atoms with Crippen LogP contribution in [0.1, 0.15) is 106 Å². The molecule has 1 spiro atoms. The number of carbonyl (C=O) groups is 1. The van der Waals surface area contributed by atoms with E-state index in [4.69, 9.17) is 9.47 Å². The molecule has 20 heteroatoms. The maximum Gasteiger partial charge on any atom is 0.312 e. The molecular formula is C49H57F3N8O8S. The van der Waals surface area contributed by atoms with Crippen molar-refractivity contribution in [3.63, 3.8) is 0 Å². The maximum absolute atomic E-state index is 14.9. The molecule has 0 bridgehead atoms. The van der Waals surface area contributed by atoms with Crippen molar-refractivity contribution in [3.8, 4) is 17.4 Å². The van der Waals surface area contributed by atoms with Crippen LogP contribution in [0.5, 0.6) is 17.4 Å². The SMILES string of the molecule is CCOc1nc2[nH]cc(F)c2cc1Oc1cc(N2CCC3(CC2)CN([C@@H]2CCC[C@@H]2c2ccccc2C(C)(F)F)C3)ccc1C(=O)NS(=O)(=O)c1cnc(NCC2CCC(C)(O)CC2)c([N+](=O)[O-])c1. The summed E-state index contributed by atoms with van der Waals surface area (Å²) in [6.45, 7) is 7.99. The summed E-state index contributed by atoms with van der Waals surface area (Å²) in [5.41, 5.74) is 0.183. The molecule has 0 unspecified atom stereocenters. The molecule has 9 rings (SSSR count). The van der Waals surface area contributed by atoms with Gasteiger partial charge in [0.2, 0.25) is 5.82 Å². The summed E-state index contributed by atoms with van der Waals surface area (Å²) >= 11 is 0. The lowest BCUT2D eigenvalue weighted by atomic mass is 9.70. The summed E-state index contributed by atoms with van der Waals surface area (Å²) in [5, 5.41) is 25.5. The number of piperidine rings is 1. The molecule has 2 atom stereocenters. The number of benzene rings is 2. The van der Waals surface area contributed by atoms with Crippen LogP contribution in [0.25, 0.3) is 11.0 Å². The van der Waals surface area contributed by atoms with E-state index in [1.807, 2.05) is 16.9 Å². The molecule has 3 aromatic heterocycles. The summed E-state index contributed by atoms with van der Waals surface area (Å²) in [6, 6.07) is 14.0. The smallest absolute Gasteiger partial charge is 0.312 e. The molecule has 16 nitrogen and oxygen atoms in total. The van der Waals surface area contributed by atoms with Gasteiger partial charge >= 0.3 is 5.69 Å². The van der Waals surface area contributed by atoms with Crippen LogP contribution in [0.15, 0.2) is 71.9 Å². The number of likely N-dealkylation sites (tertiary alicyclic amines) is 1. The minimum absolute atomic E-state index is 0.00970. The topological polar surface area (TPSA) is 205 Å². The molecule has 5 aromatic rings. The number of alkyl halides is 2. The van der Waals surface area contributed by atoms with Crippen molar-refractivity contribution in [3.05, 3.63) is 99.6 Å². The number of hydrogen-bond acceptors (Lipinski definition) is 13. The number of pyridine rings is 2. The number of amides is 1. The second kappa shape index (κ2) is 18.7. The van der Waals surface area contributed by atoms with Gasteiger partial charge in [-0.05, 0) is 100 Å². The van der Waals surface area contributed by atoms with E-state index in [-0.39, 0.29) is 75.3 Å². The molecule has 2 saturated heterocycles. The lowest BCUT2D eigenvalue weighted by Crippen LogP contribution is -2.63. The van der Waals surface area contributed by atoms with E-state index >= 15 is 0 Å². The first-order chi connectivity index (χ1) is 32.8. The van der Waals surface area contributed by atoms with Gasteiger partial charge in [-0.3, -0.25) is 19.8 Å². The second-order valence-electron chi connectivity index (χ2n) is 19.6. The van der Waals surface area contributed by atoms with Gasteiger partial charge in [0, 0.05) is 81.3 Å². The molecular weight excluding hydrogens is 918 g/mol. The predicted octanol–water partition coefficient (Wildman–Crippen LogP) is 9.02. The molecule has 2 aromatic carbocycles. The van der Waals surface area contributed by atoms with Crippen LogP contribution in [0.2, 0.25) is 0 Å². The number of halogens is 3. The van der Waals surface area contributed by atoms with Gasteiger partial charge in [0.05, 0.1) is 34.3 Å². The first kappa shape index (κ1) is 48.1. The van der Waals surface area contributed by atoms with Gasteiger partial charge < -0.3 is 29.8 Å². The van der Waals surface area contributed by atoms with E-state index in [1.54, 1.807) is 38.1 Å². The number of aromatic nitrogens is 3. The van der Waals surface area contributed by atoms with Gasteiger partial charge in [0.15, 0.2) is 5.75 Å². The van der Waals surface area contributed by atoms with Crippen molar-refractivity contribution in [1.82, 2.24) is 24.6 Å². The standard InChI is InChI=1S/C49H57F3N8O8S/c1-4-67-46-42(24-36-38(50)27-55-43(36)56-46)68-41-22-31(58-20-18-49(19-21-58)28-59(29-49)39-11-7-9-34(39)33-8-5-6-10-37(33)48(3,51)52)12-13-35(41)45(61)57-69(65,66)32-23-40(60(63)64)44(54-26-32)53-25-30-14-16-47(2,62)17-15-30/h5-6,8,10,12-13,22-24,26-27,30,34,39,62H,4,7,9,11,14-21,25,28-29H2,1-3H3,(H,53,54)(H,55,56)(H,57,61)/t30?,34-,39-,47?/m1/s1. The van der Waals surface area contributed by atoms with Crippen molar-refractivity contribution in [2.45, 2.75) is 107 Å². The van der Waals surface area contributed by atoms with Crippen molar-refractivity contribution < 1.29 is 45.9 Å². The van der Waals surface area contributed by atoms with Gasteiger partial charge in [-0.1, -0.05) is 30.7 Å². The number of aliphatic hydroxyl groups is 1. The minimum atomic E-state index is -4.76. The monoisotopic (exact) mass is 974 g/mol. The summed E-state index contributed by atoms with van der Waals surface area (Å²) in [6.07, 6.45) is 9.13. The average molecular weight is 975 g/mol. The third kappa shape index (κ3) is 10.1. The summed E-state index contributed by atoms with van der Waals surface area (Å²) < 4.78 is 86.0. The Bertz CT molecular complexity index is 2850. The molecule has 69 heavy (non-hydrogen) atoms. The number of nitro groups is 1. The minimum Gasteiger partial charge on any atom is -0.475 e. The lowest BCUT2D eigenvalue weighted by molar-refractivity contribution is -0.384. The Kier molecular flexibility index (Phi) is 13.0. The largest absolute Gasteiger partial charge is 0.475 e. The van der Waals surface area contributed by atoms with Crippen LogP contribution < -0.4 is 24.4 Å². The highest BCUT2D eigenvalue weighted by molar-refractivity contribution is 7.90. The van der Waals surface area contributed by atoms with Crippen LogP contribution in [-0.4, -0.2) is 95.2 Å².